The van der Waals surface area contributed by atoms with Crippen LogP contribution in [-0.4, -0.2) is 42.7 Å². The van der Waals surface area contributed by atoms with Crippen LogP contribution in [0.5, 0.6) is 11.5 Å². The molecule has 45 heavy (non-hydrogen) atoms. The van der Waals surface area contributed by atoms with Crippen molar-refractivity contribution in [3.8, 4) is 22.8 Å². The number of hydrogen-bond acceptors (Lipinski definition) is 6. The van der Waals surface area contributed by atoms with Gasteiger partial charge >= 0.3 is 6.09 Å². The van der Waals surface area contributed by atoms with Crippen LogP contribution in [0.25, 0.3) is 11.3 Å². The predicted molar refractivity (Wildman–Crippen MR) is 179 cm³/mol. The van der Waals surface area contributed by atoms with Crippen molar-refractivity contribution in [2.75, 3.05) is 19.8 Å². The number of carbonyl (C=O) groups excluding carboxylic acids is 2. The number of nitrogens with zero attached hydrogens (tertiary/aromatic N) is 1. The summed E-state index contributed by atoms with van der Waals surface area (Å²) in [5.41, 5.74) is 5.56. The summed E-state index contributed by atoms with van der Waals surface area (Å²) in [5.74, 6) is 1.10. The van der Waals surface area contributed by atoms with Crippen LogP contribution >= 0.6 is 23.2 Å². The zero-order valence-corrected chi connectivity index (χ0v) is 27.7. The Balaban J connectivity index is 1.45. The molecule has 9 heteroatoms. The Morgan fingerprint density at radius 3 is 2.29 bits per heavy atom. The van der Waals surface area contributed by atoms with Crippen LogP contribution in [0.4, 0.5) is 4.79 Å². The fourth-order valence-corrected chi connectivity index (χ4v) is 5.69. The highest BCUT2D eigenvalue weighted by Gasteiger charge is 2.21. The highest BCUT2D eigenvalue weighted by atomic mass is 35.5. The van der Waals surface area contributed by atoms with E-state index in [1.807, 2.05) is 77.1 Å². The SMILES string of the molecule is Cc1cc(Cl)c(OCCOc2ccc(CC(CNC(=O)OC(C)(C)C)c3ccc(-c4ncccc4C=O)cc3C)cc2)c(Cl)c1. The van der Waals surface area contributed by atoms with Gasteiger partial charge in [0.1, 0.15) is 24.6 Å². The molecule has 0 bridgehead atoms. The molecular formula is C36H38Cl2N2O5. The minimum absolute atomic E-state index is 0.0509. The average Bonchev–Trinajstić information content (AvgIpc) is 2.98. The number of ether oxygens (including phenoxy) is 3. The van der Waals surface area contributed by atoms with Crippen LogP contribution < -0.4 is 14.8 Å². The summed E-state index contributed by atoms with van der Waals surface area (Å²) in [7, 11) is 0. The van der Waals surface area contributed by atoms with E-state index in [0.717, 1.165) is 34.1 Å². The van der Waals surface area contributed by atoms with Gasteiger partial charge in [-0.25, -0.2) is 4.79 Å². The van der Waals surface area contributed by atoms with E-state index in [9.17, 15) is 9.59 Å². The topological polar surface area (TPSA) is 86.8 Å². The molecule has 7 nitrogen and oxygen atoms in total. The molecular weight excluding hydrogens is 611 g/mol. The molecule has 1 N–H and O–H groups in total. The summed E-state index contributed by atoms with van der Waals surface area (Å²) < 4.78 is 17.1. The van der Waals surface area contributed by atoms with Crippen molar-refractivity contribution >= 4 is 35.6 Å². The molecule has 0 spiro atoms. The number of alkyl carbamates (subject to hydrolysis) is 1. The maximum atomic E-state index is 12.5. The van der Waals surface area contributed by atoms with Crippen molar-refractivity contribution in [1.82, 2.24) is 10.3 Å². The Labute approximate surface area is 274 Å². The van der Waals surface area contributed by atoms with Crippen molar-refractivity contribution < 1.29 is 23.8 Å². The summed E-state index contributed by atoms with van der Waals surface area (Å²) in [6.07, 6.45) is 2.68. The average molecular weight is 650 g/mol. The van der Waals surface area contributed by atoms with E-state index >= 15 is 0 Å². The molecule has 0 fully saturated rings. The lowest BCUT2D eigenvalue weighted by molar-refractivity contribution is 0.0524. The van der Waals surface area contributed by atoms with E-state index in [-0.39, 0.29) is 12.5 Å². The molecule has 1 atom stereocenters. The molecule has 0 aliphatic rings. The van der Waals surface area contributed by atoms with Gasteiger partial charge in [-0.05, 0) is 106 Å². The molecule has 1 heterocycles. The van der Waals surface area contributed by atoms with E-state index in [1.165, 1.54) is 0 Å². The molecule has 4 rings (SSSR count). The lowest BCUT2D eigenvalue weighted by Crippen LogP contribution is -2.35. The first-order valence-corrected chi connectivity index (χ1v) is 15.5. The Morgan fingerprint density at radius 1 is 0.956 bits per heavy atom. The van der Waals surface area contributed by atoms with Crippen molar-refractivity contribution in [2.24, 2.45) is 0 Å². The number of halogens is 2. The van der Waals surface area contributed by atoms with Crippen LogP contribution in [0.15, 0.2) is 72.9 Å². The van der Waals surface area contributed by atoms with Gasteiger partial charge in [-0.2, -0.15) is 0 Å². The Kier molecular flexibility index (Phi) is 11.5. The molecule has 0 aliphatic carbocycles. The number of aromatic nitrogens is 1. The van der Waals surface area contributed by atoms with Crippen molar-refractivity contribution in [1.29, 1.82) is 0 Å². The third-order valence-electron chi connectivity index (χ3n) is 6.99. The minimum atomic E-state index is -0.602. The number of pyridine rings is 1. The van der Waals surface area contributed by atoms with Crippen molar-refractivity contribution in [3.63, 3.8) is 0 Å². The lowest BCUT2D eigenvalue weighted by Gasteiger charge is -2.24. The number of hydrogen-bond donors (Lipinski definition) is 1. The first-order chi connectivity index (χ1) is 21.4. The third kappa shape index (κ3) is 9.71. The molecule has 0 saturated carbocycles. The van der Waals surface area contributed by atoms with Gasteiger partial charge in [0.15, 0.2) is 12.0 Å². The normalized spacial score (nSPS) is 11.9. The van der Waals surface area contributed by atoms with E-state index in [2.05, 4.69) is 10.3 Å². The zero-order chi connectivity index (χ0) is 32.6. The van der Waals surface area contributed by atoms with Crippen LogP contribution in [0, 0.1) is 13.8 Å². The second-order valence-corrected chi connectivity index (χ2v) is 12.6. The van der Waals surface area contributed by atoms with Gasteiger partial charge in [-0.3, -0.25) is 9.78 Å². The highest BCUT2D eigenvalue weighted by Crippen LogP contribution is 2.34. The standard InChI is InChI=1S/C36H38Cl2N2O5/c1-23-17-31(37)34(32(38)18-23)44-16-15-43-29-11-8-25(9-12-29)20-28(21-40-35(42)45-36(3,4)5)30-13-10-26(19-24(30)2)33-27(22-41)7-6-14-39-33/h6-14,17-19,22,28H,15-16,20-21H2,1-5H3,(H,40,42). The number of amides is 1. The van der Waals surface area contributed by atoms with Gasteiger partial charge in [0.05, 0.1) is 15.7 Å². The molecule has 0 saturated heterocycles. The van der Waals surface area contributed by atoms with Gasteiger partial charge in [0, 0.05) is 29.8 Å². The van der Waals surface area contributed by atoms with Gasteiger partial charge < -0.3 is 19.5 Å². The van der Waals surface area contributed by atoms with Crippen LogP contribution in [0.1, 0.15) is 59.3 Å². The molecule has 3 aromatic carbocycles. The zero-order valence-electron chi connectivity index (χ0n) is 26.2. The van der Waals surface area contributed by atoms with Crippen LogP contribution in [0.2, 0.25) is 10.0 Å². The molecule has 4 aromatic rings. The first kappa shape index (κ1) is 33.8. The second kappa shape index (κ2) is 15.3. The van der Waals surface area contributed by atoms with E-state index in [0.29, 0.717) is 52.4 Å². The van der Waals surface area contributed by atoms with Gasteiger partial charge in [0.2, 0.25) is 0 Å². The van der Waals surface area contributed by atoms with E-state index < -0.39 is 11.7 Å². The van der Waals surface area contributed by atoms with Gasteiger partial charge in [0.25, 0.3) is 0 Å². The quantitative estimate of drug-likeness (QED) is 0.122. The summed E-state index contributed by atoms with van der Waals surface area (Å²) in [5, 5.41) is 3.87. The molecule has 1 aromatic heterocycles. The molecule has 1 amide bonds. The monoisotopic (exact) mass is 648 g/mol. The summed E-state index contributed by atoms with van der Waals surface area (Å²) in [6, 6.07) is 21.0. The fourth-order valence-electron chi connectivity index (χ4n) is 4.98. The number of benzene rings is 3. The Bertz CT molecular complexity index is 1610. The van der Waals surface area contributed by atoms with Crippen LogP contribution in [-0.2, 0) is 11.2 Å². The number of aldehydes is 1. The Morgan fingerprint density at radius 2 is 1.64 bits per heavy atom. The van der Waals surface area contributed by atoms with Crippen LogP contribution in [0.3, 0.4) is 0 Å². The van der Waals surface area contributed by atoms with Crippen molar-refractivity contribution in [3.05, 3.63) is 111 Å². The number of rotatable bonds is 12. The first-order valence-electron chi connectivity index (χ1n) is 14.7. The summed E-state index contributed by atoms with van der Waals surface area (Å²) in [6.45, 7) is 10.4. The van der Waals surface area contributed by atoms with Crippen molar-refractivity contribution in [2.45, 2.75) is 52.6 Å². The van der Waals surface area contributed by atoms with E-state index in [4.69, 9.17) is 37.4 Å². The number of aryl methyl sites for hydroxylation is 2. The predicted octanol–water partition coefficient (Wildman–Crippen LogP) is 8.79. The largest absolute Gasteiger partial charge is 0.490 e. The lowest BCUT2D eigenvalue weighted by atomic mass is 9.87. The van der Waals surface area contributed by atoms with Gasteiger partial charge in [-0.1, -0.05) is 47.5 Å². The Hall–Kier alpha value is -4.07. The second-order valence-electron chi connectivity index (χ2n) is 11.8. The van der Waals surface area contributed by atoms with E-state index in [1.54, 1.807) is 30.5 Å². The number of nitrogens with one attached hydrogen (secondary N) is 1. The fraction of sp³-hybridized carbons (Fsp3) is 0.306. The molecule has 236 valence electrons. The summed E-state index contributed by atoms with van der Waals surface area (Å²) in [4.78, 5) is 28.5. The van der Waals surface area contributed by atoms with Gasteiger partial charge in [-0.15, -0.1) is 0 Å². The molecule has 0 aliphatic heterocycles. The third-order valence-corrected chi connectivity index (χ3v) is 7.55. The minimum Gasteiger partial charge on any atom is -0.490 e. The molecule has 1 unspecified atom stereocenters. The highest BCUT2D eigenvalue weighted by molar-refractivity contribution is 6.37. The summed E-state index contributed by atoms with van der Waals surface area (Å²) >= 11 is 12.5. The maximum absolute atomic E-state index is 12.5. The number of carbonyl (C=O) groups is 2. The molecule has 0 radical (unpaired) electrons. The smallest absolute Gasteiger partial charge is 0.407 e. The maximum Gasteiger partial charge on any atom is 0.407 e.